The number of alkyl halides is 3. The molecular weight excluding hydrogens is 443 g/mol. The van der Waals surface area contributed by atoms with E-state index in [9.17, 15) is 18.0 Å². The van der Waals surface area contributed by atoms with Crippen LogP contribution < -0.4 is 10.6 Å². The molecule has 0 fully saturated rings. The number of hydrogen-bond acceptors (Lipinski definition) is 3. The Balaban J connectivity index is 1.55. The molecule has 1 aromatic heterocycles. The molecule has 1 unspecified atom stereocenters. The quantitative estimate of drug-likeness (QED) is 0.568. The van der Waals surface area contributed by atoms with Crippen LogP contribution >= 0.6 is 0 Å². The number of fused-ring (bicyclic) bond motifs is 2. The smallest absolute Gasteiger partial charge is 0.330 e. The lowest BCUT2D eigenvalue weighted by atomic mass is 9.95. The fourth-order valence-corrected chi connectivity index (χ4v) is 4.60. The topological polar surface area (TPSA) is 62.2 Å². The largest absolute Gasteiger partial charge is 0.401 e. The molecule has 0 saturated carbocycles. The molecule has 1 aliphatic carbocycles. The van der Waals surface area contributed by atoms with Crippen LogP contribution in [0.2, 0.25) is 0 Å². The van der Waals surface area contributed by atoms with Crippen molar-refractivity contribution in [2.45, 2.75) is 44.9 Å². The van der Waals surface area contributed by atoms with Crippen molar-refractivity contribution in [3.05, 3.63) is 77.5 Å². The summed E-state index contributed by atoms with van der Waals surface area (Å²) in [5, 5.41) is 10.5. The van der Waals surface area contributed by atoms with Gasteiger partial charge in [-0.05, 0) is 43.4 Å². The number of urea groups is 1. The van der Waals surface area contributed by atoms with Crippen LogP contribution in [-0.2, 0) is 19.4 Å². The summed E-state index contributed by atoms with van der Waals surface area (Å²) >= 11 is 0. The van der Waals surface area contributed by atoms with Gasteiger partial charge < -0.3 is 5.32 Å². The molecule has 6 nitrogen and oxygen atoms in total. The SMILES string of the molecule is C=C/C=C\C=C(/C)n1nc2c(c1NC(=O)NC1CN(CC(F)(F)F)Cc3ccccc31)CCC2. The first-order valence-corrected chi connectivity index (χ1v) is 11.3. The van der Waals surface area contributed by atoms with E-state index in [2.05, 4.69) is 22.3 Å². The first-order valence-electron chi connectivity index (χ1n) is 11.3. The zero-order chi connectivity index (χ0) is 24.3. The maximum Gasteiger partial charge on any atom is 0.401 e. The first-order chi connectivity index (χ1) is 16.2. The molecule has 2 heterocycles. The van der Waals surface area contributed by atoms with E-state index in [1.807, 2.05) is 31.2 Å². The van der Waals surface area contributed by atoms with Crippen LogP contribution in [0.3, 0.4) is 0 Å². The molecule has 2 amide bonds. The number of nitrogens with one attached hydrogen (secondary N) is 2. The van der Waals surface area contributed by atoms with Crippen LogP contribution in [0.15, 0.2) is 55.1 Å². The van der Waals surface area contributed by atoms with Crippen LogP contribution in [0, 0.1) is 0 Å². The van der Waals surface area contributed by atoms with Gasteiger partial charge in [0.15, 0.2) is 0 Å². The van der Waals surface area contributed by atoms with E-state index in [1.165, 1.54) is 4.90 Å². The number of allylic oxidation sites excluding steroid dienone is 5. The molecule has 2 aromatic rings. The van der Waals surface area contributed by atoms with Gasteiger partial charge >= 0.3 is 12.2 Å². The van der Waals surface area contributed by atoms with Crippen LogP contribution in [0.5, 0.6) is 0 Å². The van der Waals surface area contributed by atoms with E-state index in [0.29, 0.717) is 5.82 Å². The third-order valence-electron chi connectivity index (χ3n) is 6.03. The summed E-state index contributed by atoms with van der Waals surface area (Å²) in [6.07, 6.45) is 5.50. The maximum atomic E-state index is 13.1. The molecule has 1 atom stereocenters. The summed E-state index contributed by atoms with van der Waals surface area (Å²) in [6.45, 7) is 4.79. The van der Waals surface area contributed by atoms with Gasteiger partial charge in [-0.25, -0.2) is 9.48 Å². The van der Waals surface area contributed by atoms with Gasteiger partial charge in [-0.15, -0.1) is 0 Å². The molecule has 2 aliphatic rings. The van der Waals surface area contributed by atoms with Crippen molar-refractivity contribution < 1.29 is 18.0 Å². The van der Waals surface area contributed by atoms with E-state index in [1.54, 1.807) is 29.0 Å². The lowest BCUT2D eigenvalue weighted by Crippen LogP contribution is -2.46. The lowest BCUT2D eigenvalue weighted by molar-refractivity contribution is -0.148. The molecular formula is C25H28F3N5O. The summed E-state index contributed by atoms with van der Waals surface area (Å²) in [5.74, 6) is 0.599. The highest BCUT2D eigenvalue weighted by atomic mass is 19.4. The Kier molecular flexibility index (Phi) is 6.92. The molecule has 0 saturated heterocycles. The number of carbonyl (C=O) groups excluding carboxylic acids is 1. The Bertz CT molecular complexity index is 1130. The third kappa shape index (κ3) is 5.41. The number of aromatic nitrogens is 2. The van der Waals surface area contributed by atoms with Gasteiger partial charge in [0.05, 0.1) is 18.3 Å². The minimum Gasteiger partial charge on any atom is -0.330 e. The van der Waals surface area contributed by atoms with E-state index < -0.39 is 24.8 Å². The second kappa shape index (κ2) is 9.89. The first kappa shape index (κ1) is 23.8. The van der Waals surface area contributed by atoms with Gasteiger partial charge in [0, 0.05) is 24.4 Å². The number of aryl methyl sites for hydroxylation is 1. The number of carbonyl (C=O) groups is 1. The summed E-state index contributed by atoms with van der Waals surface area (Å²) in [4.78, 5) is 14.4. The minimum atomic E-state index is -4.31. The summed E-state index contributed by atoms with van der Waals surface area (Å²) < 4.78 is 40.9. The Morgan fingerprint density at radius 1 is 1.26 bits per heavy atom. The Hall–Kier alpha value is -3.33. The molecule has 1 aromatic carbocycles. The van der Waals surface area contributed by atoms with Crippen molar-refractivity contribution in [1.29, 1.82) is 0 Å². The molecule has 0 spiro atoms. The highest BCUT2D eigenvalue weighted by molar-refractivity contribution is 5.90. The van der Waals surface area contributed by atoms with Gasteiger partial charge in [-0.3, -0.25) is 10.2 Å². The summed E-state index contributed by atoms with van der Waals surface area (Å²) in [7, 11) is 0. The van der Waals surface area contributed by atoms with Crippen molar-refractivity contribution in [3.8, 4) is 0 Å². The van der Waals surface area contributed by atoms with Crippen LogP contribution in [0.1, 0.15) is 41.8 Å². The minimum absolute atomic E-state index is 0.0760. The standard InChI is InChI=1S/C25H28F3N5O/c1-3-4-5-9-17(2)33-23(20-12-8-13-21(20)31-33)30-24(34)29-22-15-32(16-25(26,27)28)14-18-10-6-7-11-19(18)22/h3-7,9-11,22H,1,8,12-16H2,2H3,(H2,29,30,34)/b5-4-,17-9+. The van der Waals surface area contributed by atoms with Crippen molar-refractivity contribution in [1.82, 2.24) is 20.0 Å². The van der Waals surface area contributed by atoms with Gasteiger partial charge in [-0.2, -0.15) is 18.3 Å². The van der Waals surface area contributed by atoms with Crippen molar-refractivity contribution in [2.24, 2.45) is 0 Å². The maximum absolute atomic E-state index is 13.1. The van der Waals surface area contributed by atoms with Gasteiger partial charge in [-0.1, -0.05) is 49.1 Å². The Morgan fingerprint density at radius 3 is 2.82 bits per heavy atom. The van der Waals surface area contributed by atoms with Crippen LogP contribution in [0.25, 0.3) is 5.70 Å². The number of hydrogen-bond donors (Lipinski definition) is 2. The number of nitrogens with zero attached hydrogens (tertiary/aromatic N) is 3. The monoisotopic (exact) mass is 471 g/mol. The Morgan fingerprint density at radius 2 is 2.06 bits per heavy atom. The van der Waals surface area contributed by atoms with Crippen LogP contribution in [-0.4, -0.2) is 40.0 Å². The van der Waals surface area contributed by atoms with Gasteiger partial charge in [0.25, 0.3) is 0 Å². The number of benzene rings is 1. The normalized spacial score (nSPS) is 18.6. The number of amides is 2. The predicted molar refractivity (Wildman–Crippen MR) is 126 cm³/mol. The van der Waals surface area contributed by atoms with Crippen molar-refractivity contribution in [2.75, 3.05) is 18.4 Å². The molecule has 180 valence electrons. The molecule has 9 heteroatoms. The molecule has 0 radical (unpaired) electrons. The van der Waals surface area contributed by atoms with E-state index >= 15 is 0 Å². The lowest BCUT2D eigenvalue weighted by Gasteiger charge is -2.35. The molecule has 34 heavy (non-hydrogen) atoms. The molecule has 1 aliphatic heterocycles. The average molecular weight is 472 g/mol. The van der Waals surface area contributed by atoms with Gasteiger partial charge in [0.1, 0.15) is 5.82 Å². The number of rotatable bonds is 6. The Labute approximate surface area is 196 Å². The van der Waals surface area contributed by atoms with E-state index in [0.717, 1.165) is 47.3 Å². The van der Waals surface area contributed by atoms with Gasteiger partial charge in [0.2, 0.25) is 0 Å². The molecule has 4 rings (SSSR count). The molecule has 2 N–H and O–H groups in total. The highest BCUT2D eigenvalue weighted by Gasteiger charge is 2.35. The fourth-order valence-electron chi connectivity index (χ4n) is 4.60. The van der Waals surface area contributed by atoms with Crippen molar-refractivity contribution in [3.63, 3.8) is 0 Å². The molecule has 0 bridgehead atoms. The number of halogens is 3. The second-order valence-corrected chi connectivity index (χ2v) is 8.60. The van der Waals surface area contributed by atoms with E-state index in [4.69, 9.17) is 0 Å². The predicted octanol–water partition coefficient (Wildman–Crippen LogP) is 5.22. The third-order valence-corrected chi connectivity index (χ3v) is 6.03. The summed E-state index contributed by atoms with van der Waals surface area (Å²) in [5.41, 5.74) is 4.39. The zero-order valence-electron chi connectivity index (χ0n) is 19.0. The van der Waals surface area contributed by atoms with Crippen LogP contribution in [0.4, 0.5) is 23.8 Å². The number of anilines is 1. The van der Waals surface area contributed by atoms with E-state index in [-0.39, 0.29) is 13.1 Å². The highest BCUT2D eigenvalue weighted by Crippen LogP contribution is 2.32. The zero-order valence-corrected chi connectivity index (χ0v) is 19.0. The fraction of sp³-hybridized carbons (Fsp3) is 0.360. The summed E-state index contributed by atoms with van der Waals surface area (Å²) in [6, 6.07) is 6.24. The van der Waals surface area contributed by atoms with Crippen molar-refractivity contribution >= 4 is 17.5 Å². The average Bonchev–Trinajstić information content (AvgIpc) is 3.35. The second-order valence-electron chi connectivity index (χ2n) is 8.60.